The Hall–Kier alpha value is -1.61. The van der Waals surface area contributed by atoms with Crippen LogP contribution >= 0.6 is 11.8 Å². The van der Waals surface area contributed by atoms with Gasteiger partial charge in [0.1, 0.15) is 11.5 Å². The number of hydrogen-bond acceptors (Lipinski definition) is 3. The summed E-state index contributed by atoms with van der Waals surface area (Å²) in [6.07, 6.45) is 12.1. The van der Waals surface area contributed by atoms with Crippen molar-refractivity contribution in [1.82, 2.24) is 0 Å². The van der Waals surface area contributed by atoms with E-state index in [4.69, 9.17) is 0 Å². The lowest BCUT2D eigenvalue weighted by atomic mass is 9.94. The number of hydrogen-bond donors (Lipinski definition) is 2. The summed E-state index contributed by atoms with van der Waals surface area (Å²) in [5.74, 6) is 0.959. The highest BCUT2D eigenvalue weighted by Crippen LogP contribution is 2.45. The molecule has 0 atom stereocenters. The minimum atomic E-state index is 0.480. The molecule has 0 spiro atoms. The van der Waals surface area contributed by atoms with Gasteiger partial charge in [-0.15, -0.1) is 0 Å². The van der Waals surface area contributed by atoms with E-state index in [0.29, 0.717) is 11.5 Å². The third-order valence-corrected chi connectivity index (χ3v) is 7.77. The van der Waals surface area contributed by atoms with Crippen LogP contribution in [0.1, 0.15) is 113 Å². The second-order valence-electron chi connectivity index (χ2n) is 9.28. The molecular weight excluding hydrogens is 424 g/mol. The monoisotopic (exact) mass is 470 g/mol. The van der Waals surface area contributed by atoms with Crippen molar-refractivity contribution in [3.63, 3.8) is 0 Å². The first-order valence-corrected chi connectivity index (χ1v) is 14.2. The van der Waals surface area contributed by atoms with Gasteiger partial charge in [0.05, 0.1) is 0 Å². The van der Waals surface area contributed by atoms with Crippen LogP contribution in [0.2, 0.25) is 0 Å². The second kappa shape index (κ2) is 13.9. The van der Waals surface area contributed by atoms with E-state index >= 15 is 0 Å². The van der Waals surface area contributed by atoms with Crippen molar-refractivity contribution in [2.24, 2.45) is 0 Å². The summed E-state index contributed by atoms with van der Waals surface area (Å²) in [5.41, 5.74) is 7.54. The minimum Gasteiger partial charge on any atom is -0.508 e. The van der Waals surface area contributed by atoms with Gasteiger partial charge in [-0.25, -0.2) is 0 Å². The summed E-state index contributed by atoms with van der Waals surface area (Å²) in [5, 5.41) is 21.9. The van der Waals surface area contributed by atoms with Gasteiger partial charge in [-0.1, -0.05) is 91.8 Å². The van der Waals surface area contributed by atoms with Gasteiger partial charge in [0.2, 0.25) is 0 Å². The van der Waals surface area contributed by atoms with Crippen molar-refractivity contribution in [3.05, 3.63) is 45.5 Å². The number of aromatic hydroxyl groups is 2. The Labute approximate surface area is 207 Å². The Balaban J connectivity index is 2.83. The molecule has 0 heterocycles. The van der Waals surface area contributed by atoms with Crippen LogP contribution in [-0.4, -0.2) is 10.2 Å². The van der Waals surface area contributed by atoms with E-state index in [0.717, 1.165) is 88.2 Å². The lowest BCUT2D eigenvalue weighted by Crippen LogP contribution is -2.05. The zero-order chi connectivity index (χ0) is 24.4. The molecule has 33 heavy (non-hydrogen) atoms. The molecule has 0 amide bonds. The average molecular weight is 471 g/mol. The molecule has 2 aromatic carbocycles. The molecule has 0 aliphatic heterocycles. The molecule has 0 fully saturated rings. The van der Waals surface area contributed by atoms with E-state index in [-0.39, 0.29) is 0 Å². The van der Waals surface area contributed by atoms with Crippen molar-refractivity contribution < 1.29 is 10.2 Å². The van der Waals surface area contributed by atoms with Gasteiger partial charge in [0, 0.05) is 9.79 Å². The third-order valence-electron chi connectivity index (χ3n) is 6.34. The van der Waals surface area contributed by atoms with Crippen molar-refractivity contribution in [2.75, 3.05) is 0 Å². The molecule has 184 valence electrons. The quantitative estimate of drug-likeness (QED) is 0.289. The standard InChI is InChI=1S/C30H46O2S/c1-7-13-21-19-27(31)23(15-9-3)25(17-11-5)29(21)33-30-22(14-8-2)20-28(32)24(16-10-4)26(30)18-12-6/h19-20,31-32H,7-18H2,1-6H3. The Kier molecular flexibility index (Phi) is 11.7. The number of phenols is 2. The summed E-state index contributed by atoms with van der Waals surface area (Å²) in [6, 6.07) is 4.09. The van der Waals surface area contributed by atoms with E-state index < -0.39 is 0 Å². The molecule has 0 unspecified atom stereocenters. The fourth-order valence-corrected chi connectivity index (χ4v) is 6.44. The highest BCUT2D eigenvalue weighted by atomic mass is 32.2. The summed E-state index contributed by atoms with van der Waals surface area (Å²) in [6.45, 7) is 13.3. The molecule has 2 N–H and O–H groups in total. The normalized spacial score (nSPS) is 11.3. The van der Waals surface area contributed by atoms with E-state index in [1.165, 1.54) is 32.0 Å². The average Bonchev–Trinajstić information content (AvgIpc) is 2.78. The Bertz CT molecular complexity index is 828. The van der Waals surface area contributed by atoms with Crippen LogP contribution in [0.4, 0.5) is 0 Å². The summed E-state index contributed by atoms with van der Waals surface area (Å²) in [4.78, 5) is 2.73. The van der Waals surface area contributed by atoms with Crippen molar-refractivity contribution >= 4 is 11.8 Å². The van der Waals surface area contributed by atoms with Gasteiger partial charge < -0.3 is 10.2 Å². The number of aryl methyl sites for hydroxylation is 2. The molecule has 0 aliphatic carbocycles. The summed E-state index contributed by atoms with van der Waals surface area (Å²) < 4.78 is 0. The molecule has 0 saturated heterocycles. The smallest absolute Gasteiger partial charge is 0.119 e. The lowest BCUT2D eigenvalue weighted by Gasteiger charge is -2.24. The van der Waals surface area contributed by atoms with Crippen LogP contribution in [0.25, 0.3) is 0 Å². The number of rotatable bonds is 14. The Morgan fingerprint density at radius 3 is 1.09 bits per heavy atom. The fraction of sp³-hybridized carbons (Fsp3) is 0.600. The molecular formula is C30H46O2S. The molecule has 3 heteroatoms. The van der Waals surface area contributed by atoms with Crippen molar-refractivity contribution in [2.45, 2.75) is 128 Å². The maximum Gasteiger partial charge on any atom is 0.119 e. The maximum absolute atomic E-state index is 10.9. The minimum absolute atomic E-state index is 0.480. The van der Waals surface area contributed by atoms with Gasteiger partial charge in [-0.2, -0.15) is 0 Å². The lowest BCUT2D eigenvalue weighted by molar-refractivity contribution is 0.464. The maximum atomic E-state index is 10.9. The van der Waals surface area contributed by atoms with Crippen LogP contribution < -0.4 is 0 Å². The zero-order valence-corrected chi connectivity index (χ0v) is 22.8. The largest absolute Gasteiger partial charge is 0.508 e. The molecule has 2 rings (SSSR count). The topological polar surface area (TPSA) is 40.5 Å². The van der Waals surface area contributed by atoms with Gasteiger partial charge in [-0.05, 0) is 84.0 Å². The van der Waals surface area contributed by atoms with Crippen LogP contribution in [0.5, 0.6) is 11.5 Å². The number of benzene rings is 2. The predicted molar refractivity (Wildman–Crippen MR) is 144 cm³/mol. The van der Waals surface area contributed by atoms with E-state index in [9.17, 15) is 10.2 Å². The summed E-state index contributed by atoms with van der Waals surface area (Å²) in [7, 11) is 0. The third kappa shape index (κ3) is 6.72. The predicted octanol–water partition coefficient (Wildman–Crippen LogP) is 8.96. The van der Waals surface area contributed by atoms with Crippen LogP contribution in [0, 0.1) is 0 Å². The van der Waals surface area contributed by atoms with E-state index in [1.807, 2.05) is 23.9 Å². The van der Waals surface area contributed by atoms with Gasteiger partial charge in [0.25, 0.3) is 0 Å². The molecule has 0 saturated carbocycles. The highest BCUT2D eigenvalue weighted by molar-refractivity contribution is 7.99. The molecule has 0 aliphatic rings. The Morgan fingerprint density at radius 1 is 0.485 bits per heavy atom. The molecule has 2 nitrogen and oxygen atoms in total. The van der Waals surface area contributed by atoms with Crippen molar-refractivity contribution in [3.8, 4) is 11.5 Å². The summed E-state index contributed by atoms with van der Waals surface area (Å²) >= 11 is 1.93. The second-order valence-corrected chi connectivity index (χ2v) is 10.3. The first-order chi connectivity index (χ1) is 16.0. The van der Waals surface area contributed by atoms with Gasteiger partial charge in [0.15, 0.2) is 0 Å². The van der Waals surface area contributed by atoms with Crippen LogP contribution in [0.3, 0.4) is 0 Å². The van der Waals surface area contributed by atoms with Crippen LogP contribution in [-0.2, 0) is 38.5 Å². The number of phenolic OH excluding ortho intramolecular Hbond substituents is 2. The Morgan fingerprint density at radius 2 is 0.788 bits per heavy atom. The van der Waals surface area contributed by atoms with Crippen molar-refractivity contribution in [1.29, 1.82) is 0 Å². The first-order valence-electron chi connectivity index (χ1n) is 13.4. The molecule has 0 aromatic heterocycles. The zero-order valence-electron chi connectivity index (χ0n) is 21.9. The van der Waals surface area contributed by atoms with Gasteiger partial charge in [-0.3, -0.25) is 0 Å². The van der Waals surface area contributed by atoms with E-state index in [1.54, 1.807) is 0 Å². The fourth-order valence-electron chi connectivity index (χ4n) is 4.96. The molecule has 2 aromatic rings. The van der Waals surface area contributed by atoms with E-state index in [2.05, 4.69) is 41.5 Å². The first kappa shape index (κ1) is 27.6. The molecule has 0 radical (unpaired) electrons. The highest BCUT2D eigenvalue weighted by Gasteiger charge is 2.22. The molecule has 0 bridgehead atoms. The SMILES string of the molecule is CCCc1cc(O)c(CCC)c(CCC)c1Sc1c(CCC)cc(O)c(CCC)c1CCC. The van der Waals surface area contributed by atoms with Gasteiger partial charge >= 0.3 is 0 Å². The van der Waals surface area contributed by atoms with Crippen LogP contribution in [0.15, 0.2) is 21.9 Å².